The van der Waals surface area contributed by atoms with Gasteiger partial charge in [-0.3, -0.25) is 4.79 Å². The molecule has 0 unspecified atom stereocenters. The molecule has 0 radical (unpaired) electrons. The topological polar surface area (TPSA) is 29.1 Å². The number of amides is 1. The molecule has 1 aromatic carbocycles. The van der Waals surface area contributed by atoms with Crippen molar-refractivity contribution in [1.82, 2.24) is 5.32 Å². The van der Waals surface area contributed by atoms with Gasteiger partial charge in [0.1, 0.15) is 4.34 Å². The second-order valence-electron chi connectivity index (χ2n) is 3.51. The Hall–Kier alpha value is -0.550. The molecular formula is C12H8BrCl2NOS. The van der Waals surface area contributed by atoms with Crippen LogP contribution in [0.1, 0.15) is 15.9 Å². The van der Waals surface area contributed by atoms with E-state index < -0.39 is 0 Å². The second kappa shape index (κ2) is 6.06. The molecule has 0 aliphatic rings. The molecule has 18 heavy (non-hydrogen) atoms. The molecule has 0 bridgehead atoms. The Balaban J connectivity index is 2.05. The summed E-state index contributed by atoms with van der Waals surface area (Å²) in [6.07, 6.45) is 0. The number of hydrogen-bond acceptors (Lipinski definition) is 2. The van der Waals surface area contributed by atoms with Gasteiger partial charge in [0.15, 0.2) is 0 Å². The summed E-state index contributed by atoms with van der Waals surface area (Å²) in [5.41, 5.74) is 1.42. The van der Waals surface area contributed by atoms with Crippen LogP contribution in [0.2, 0.25) is 8.67 Å². The second-order valence-corrected chi connectivity index (χ2v) is 6.65. The van der Waals surface area contributed by atoms with E-state index in [0.29, 0.717) is 20.8 Å². The highest BCUT2D eigenvalue weighted by Gasteiger charge is 2.14. The van der Waals surface area contributed by atoms with Crippen molar-refractivity contribution >= 4 is 56.4 Å². The van der Waals surface area contributed by atoms with Crippen molar-refractivity contribution in [2.75, 3.05) is 0 Å². The van der Waals surface area contributed by atoms with Crippen LogP contribution >= 0.6 is 50.5 Å². The fraction of sp³-hybridized carbons (Fsp3) is 0.0833. The summed E-state index contributed by atoms with van der Waals surface area (Å²) in [5.74, 6) is -0.223. The van der Waals surface area contributed by atoms with Crippen LogP contribution in [-0.2, 0) is 6.54 Å². The Bertz CT molecular complexity index is 585. The zero-order valence-electron chi connectivity index (χ0n) is 9.04. The maximum absolute atomic E-state index is 11.9. The Morgan fingerprint density at radius 3 is 2.67 bits per heavy atom. The molecule has 0 aliphatic carbocycles. The molecule has 0 spiro atoms. The highest BCUT2D eigenvalue weighted by molar-refractivity contribution is 9.10. The Morgan fingerprint density at radius 2 is 2.06 bits per heavy atom. The first kappa shape index (κ1) is 13.9. The molecule has 1 aromatic heterocycles. The van der Waals surface area contributed by atoms with Crippen molar-refractivity contribution < 1.29 is 4.79 Å². The largest absolute Gasteiger partial charge is 0.348 e. The normalized spacial score (nSPS) is 10.4. The number of benzene rings is 1. The first-order chi connectivity index (χ1) is 8.58. The first-order valence-electron chi connectivity index (χ1n) is 5.04. The molecule has 1 heterocycles. The number of halogens is 3. The predicted octanol–water partition coefficient (Wildman–Crippen LogP) is 4.75. The maximum atomic E-state index is 11.9. The molecule has 2 rings (SSSR count). The van der Waals surface area contributed by atoms with Gasteiger partial charge in [-0.05, 0) is 17.7 Å². The lowest BCUT2D eigenvalue weighted by Crippen LogP contribution is -2.22. The SMILES string of the molecule is O=C(NCc1ccccc1Br)c1cc(Cl)sc1Cl. The lowest BCUT2D eigenvalue weighted by molar-refractivity contribution is 0.0951. The van der Waals surface area contributed by atoms with Crippen LogP contribution in [0.3, 0.4) is 0 Å². The number of carbonyl (C=O) groups is 1. The minimum absolute atomic E-state index is 0.223. The first-order valence-corrected chi connectivity index (χ1v) is 7.41. The van der Waals surface area contributed by atoms with Gasteiger partial charge in [0.05, 0.1) is 9.90 Å². The van der Waals surface area contributed by atoms with Crippen LogP contribution in [0, 0.1) is 0 Å². The van der Waals surface area contributed by atoms with Crippen molar-refractivity contribution in [2.45, 2.75) is 6.54 Å². The van der Waals surface area contributed by atoms with E-state index in [0.717, 1.165) is 10.0 Å². The van der Waals surface area contributed by atoms with Gasteiger partial charge in [-0.2, -0.15) is 0 Å². The molecule has 0 saturated heterocycles. The predicted molar refractivity (Wildman–Crippen MR) is 79.7 cm³/mol. The number of carbonyl (C=O) groups excluding carboxylic acids is 1. The maximum Gasteiger partial charge on any atom is 0.253 e. The van der Waals surface area contributed by atoms with E-state index in [1.54, 1.807) is 6.07 Å². The summed E-state index contributed by atoms with van der Waals surface area (Å²) in [4.78, 5) is 11.9. The van der Waals surface area contributed by atoms with Crippen molar-refractivity contribution in [2.24, 2.45) is 0 Å². The van der Waals surface area contributed by atoms with Gasteiger partial charge in [0.2, 0.25) is 0 Å². The monoisotopic (exact) mass is 363 g/mol. The summed E-state index contributed by atoms with van der Waals surface area (Å²) >= 11 is 16.3. The molecule has 1 amide bonds. The molecule has 2 aromatic rings. The molecule has 6 heteroatoms. The number of nitrogens with one attached hydrogen (secondary N) is 1. The van der Waals surface area contributed by atoms with Gasteiger partial charge in [-0.1, -0.05) is 57.3 Å². The van der Waals surface area contributed by atoms with Crippen LogP contribution in [0.5, 0.6) is 0 Å². The lowest BCUT2D eigenvalue weighted by Gasteiger charge is -2.06. The van der Waals surface area contributed by atoms with E-state index in [1.165, 1.54) is 11.3 Å². The minimum atomic E-state index is -0.223. The fourth-order valence-corrected chi connectivity index (χ4v) is 3.29. The highest BCUT2D eigenvalue weighted by Crippen LogP contribution is 2.31. The van der Waals surface area contributed by atoms with Crippen molar-refractivity contribution in [3.63, 3.8) is 0 Å². The zero-order chi connectivity index (χ0) is 13.1. The number of rotatable bonds is 3. The van der Waals surface area contributed by atoms with Gasteiger partial charge < -0.3 is 5.32 Å². The summed E-state index contributed by atoms with van der Waals surface area (Å²) < 4.78 is 1.87. The Morgan fingerprint density at radius 1 is 1.33 bits per heavy atom. The number of thiophene rings is 1. The van der Waals surface area contributed by atoms with E-state index in [4.69, 9.17) is 23.2 Å². The summed E-state index contributed by atoms with van der Waals surface area (Å²) in [7, 11) is 0. The number of hydrogen-bond donors (Lipinski definition) is 1. The van der Waals surface area contributed by atoms with Crippen molar-refractivity contribution in [3.05, 3.63) is 54.6 Å². The smallest absolute Gasteiger partial charge is 0.253 e. The van der Waals surface area contributed by atoms with E-state index in [9.17, 15) is 4.79 Å². The summed E-state index contributed by atoms with van der Waals surface area (Å²) in [6.45, 7) is 0.435. The van der Waals surface area contributed by atoms with E-state index >= 15 is 0 Å². The molecule has 94 valence electrons. The van der Waals surface area contributed by atoms with Gasteiger partial charge in [-0.25, -0.2) is 0 Å². The standard InChI is InChI=1S/C12H8BrCl2NOS/c13-9-4-2-1-3-7(9)6-16-12(17)8-5-10(14)18-11(8)15/h1-5H,6H2,(H,16,17). The molecular weight excluding hydrogens is 357 g/mol. The Labute approximate surface area is 127 Å². The van der Waals surface area contributed by atoms with Crippen LogP contribution in [0.15, 0.2) is 34.8 Å². The lowest BCUT2D eigenvalue weighted by atomic mass is 10.2. The quantitative estimate of drug-likeness (QED) is 0.836. The highest BCUT2D eigenvalue weighted by atomic mass is 79.9. The van der Waals surface area contributed by atoms with Crippen LogP contribution in [-0.4, -0.2) is 5.91 Å². The Kier molecular flexibility index (Phi) is 4.67. The molecule has 0 atom stereocenters. The van der Waals surface area contributed by atoms with Crippen LogP contribution in [0.25, 0.3) is 0 Å². The van der Waals surface area contributed by atoms with Gasteiger partial charge >= 0.3 is 0 Å². The molecule has 2 nitrogen and oxygen atoms in total. The molecule has 0 aliphatic heterocycles. The van der Waals surface area contributed by atoms with Crippen molar-refractivity contribution in [1.29, 1.82) is 0 Å². The molecule has 0 fully saturated rings. The fourth-order valence-electron chi connectivity index (χ4n) is 1.41. The third kappa shape index (κ3) is 3.26. The van der Waals surface area contributed by atoms with E-state index in [-0.39, 0.29) is 5.91 Å². The molecule has 1 N–H and O–H groups in total. The average molecular weight is 365 g/mol. The zero-order valence-corrected chi connectivity index (χ0v) is 13.0. The van der Waals surface area contributed by atoms with Gasteiger partial charge in [0, 0.05) is 11.0 Å². The van der Waals surface area contributed by atoms with Crippen molar-refractivity contribution in [3.8, 4) is 0 Å². The van der Waals surface area contributed by atoms with Gasteiger partial charge in [-0.15, -0.1) is 11.3 Å². The third-order valence-electron chi connectivity index (χ3n) is 2.30. The van der Waals surface area contributed by atoms with E-state index in [2.05, 4.69) is 21.2 Å². The summed E-state index contributed by atoms with van der Waals surface area (Å²) in [5, 5.41) is 2.80. The molecule has 0 saturated carbocycles. The third-order valence-corrected chi connectivity index (χ3v) is 4.56. The van der Waals surface area contributed by atoms with Crippen LogP contribution < -0.4 is 5.32 Å². The van der Waals surface area contributed by atoms with E-state index in [1.807, 2.05) is 24.3 Å². The van der Waals surface area contributed by atoms with Crippen LogP contribution in [0.4, 0.5) is 0 Å². The summed E-state index contributed by atoms with van der Waals surface area (Å²) in [6, 6.07) is 9.28. The average Bonchev–Trinajstić information content (AvgIpc) is 2.67. The minimum Gasteiger partial charge on any atom is -0.348 e. The van der Waals surface area contributed by atoms with Gasteiger partial charge in [0.25, 0.3) is 5.91 Å².